The summed E-state index contributed by atoms with van der Waals surface area (Å²) in [5, 5.41) is 13.3. The van der Waals surface area contributed by atoms with Crippen LogP contribution in [0, 0.1) is 0 Å². The van der Waals surface area contributed by atoms with E-state index in [0.717, 1.165) is 31.5 Å². The molecule has 0 atom stereocenters. The number of phenols is 1. The van der Waals surface area contributed by atoms with Crippen molar-refractivity contribution < 1.29 is 19.4 Å². The summed E-state index contributed by atoms with van der Waals surface area (Å²) in [6.07, 6.45) is 1.79. The monoisotopic (exact) mass is 354 g/mol. The molecule has 0 bridgehead atoms. The number of nitrogens with zero attached hydrogens (tertiary/aromatic N) is 1. The van der Waals surface area contributed by atoms with Crippen molar-refractivity contribution in [2.45, 2.75) is 25.4 Å². The number of piperidine rings is 1. The van der Waals surface area contributed by atoms with Crippen LogP contribution in [0.1, 0.15) is 28.8 Å². The van der Waals surface area contributed by atoms with Gasteiger partial charge in [-0.05, 0) is 31.0 Å². The van der Waals surface area contributed by atoms with Crippen molar-refractivity contribution in [3.63, 3.8) is 0 Å². The average molecular weight is 354 g/mol. The normalized spacial score (nSPS) is 17.2. The molecule has 2 aliphatic heterocycles. The average Bonchev–Trinajstić information content (AvgIpc) is 3.11. The van der Waals surface area contributed by atoms with Gasteiger partial charge in [-0.3, -0.25) is 9.69 Å². The minimum absolute atomic E-state index is 0.0162. The summed E-state index contributed by atoms with van der Waals surface area (Å²) in [6, 6.07) is 12.9. The molecule has 1 saturated heterocycles. The smallest absolute Gasteiger partial charge is 0.251 e. The van der Waals surface area contributed by atoms with Crippen LogP contribution in [0.25, 0.3) is 0 Å². The van der Waals surface area contributed by atoms with Crippen molar-refractivity contribution in [1.82, 2.24) is 10.2 Å². The Bertz CT molecular complexity index is 786. The molecule has 0 unspecified atom stereocenters. The predicted octanol–water partition coefficient (Wildman–Crippen LogP) is 2.52. The van der Waals surface area contributed by atoms with E-state index in [1.165, 1.54) is 0 Å². The van der Waals surface area contributed by atoms with E-state index in [2.05, 4.69) is 10.2 Å². The van der Waals surface area contributed by atoms with E-state index < -0.39 is 0 Å². The van der Waals surface area contributed by atoms with Gasteiger partial charge in [0, 0.05) is 42.9 Å². The second-order valence-corrected chi connectivity index (χ2v) is 6.72. The van der Waals surface area contributed by atoms with Crippen molar-refractivity contribution in [3.05, 3.63) is 53.6 Å². The van der Waals surface area contributed by atoms with Crippen LogP contribution in [0.2, 0.25) is 0 Å². The van der Waals surface area contributed by atoms with E-state index in [1.807, 2.05) is 36.4 Å². The summed E-state index contributed by atoms with van der Waals surface area (Å²) in [5.41, 5.74) is 1.53. The number of carbonyl (C=O) groups is 1. The van der Waals surface area contributed by atoms with Crippen LogP contribution >= 0.6 is 0 Å². The van der Waals surface area contributed by atoms with Gasteiger partial charge >= 0.3 is 0 Å². The molecule has 4 rings (SSSR count). The van der Waals surface area contributed by atoms with Crippen LogP contribution in [0.15, 0.2) is 42.5 Å². The second-order valence-electron chi connectivity index (χ2n) is 6.72. The zero-order valence-electron chi connectivity index (χ0n) is 14.5. The van der Waals surface area contributed by atoms with Crippen molar-refractivity contribution in [3.8, 4) is 17.2 Å². The van der Waals surface area contributed by atoms with Gasteiger partial charge in [-0.2, -0.15) is 0 Å². The van der Waals surface area contributed by atoms with Gasteiger partial charge in [0.25, 0.3) is 5.91 Å². The SMILES string of the molecule is O=C(NC1CCN(Cc2cc3c(cc2O)OCO3)CC1)c1ccccc1. The molecule has 0 aromatic heterocycles. The quantitative estimate of drug-likeness (QED) is 0.883. The van der Waals surface area contributed by atoms with Crippen LogP contribution in [0.4, 0.5) is 0 Å². The minimum atomic E-state index is -0.0162. The number of phenolic OH excluding ortho intramolecular Hbond substituents is 1. The Kier molecular flexibility index (Phi) is 4.67. The molecular formula is C20H22N2O4. The maximum Gasteiger partial charge on any atom is 0.251 e. The number of hydrogen-bond acceptors (Lipinski definition) is 5. The number of aromatic hydroxyl groups is 1. The highest BCUT2D eigenvalue weighted by molar-refractivity contribution is 5.94. The number of benzene rings is 2. The molecule has 2 aromatic carbocycles. The van der Waals surface area contributed by atoms with Gasteiger partial charge in [-0.1, -0.05) is 18.2 Å². The number of likely N-dealkylation sites (tertiary alicyclic amines) is 1. The third kappa shape index (κ3) is 3.60. The molecule has 6 nitrogen and oxygen atoms in total. The molecule has 2 aromatic rings. The Labute approximate surface area is 152 Å². The van der Waals surface area contributed by atoms with E-state index >= 15 is 0 Å². The number of hydrogen-bond donors (Lipinski definition) is 2. The van der Waals surface area contributed by atoms with Gasteiger partial charge < -0.3 is 19.9 Å². The van der Waals surface area contributed by atoms with Crippen molar-refractivity contribution in [2.75, 3.05) is 19.9 Å². The third-order valence-electron chi connectivity index (χ3n) is 4.93. The van der Waals surface area contributed by atoms with E-state index in [1.54, 1.807) is 6.07 Å². The Hall–Kier alpha value is -2.73. The van der Waals surface area contributed by atoms with E-state index in [0.29, 0.717) is 23.6 Å². The predicted molar refractivity (Wildman–Crippen MR) is 96.4 cm³/mol. The molecule has 136 valence electrons. The van der Waals surface area contributed by atoms with Gasteiger partial charge in [0.05, 0.1) is 0 Å². The number of rotatable bonds is 4. The lowest BCUT2D eigenvalue weighted by molar-refractivity contribution is 0.0908. The topological polar surface area (TPSA) is 71.0 Å². The van der Waals surface area contributed by atoms with Crippen molar-refractivity contribution >= 4 is 5.91 Å². The first-order valence-electron chi connectivity index (χ1n) is 8.89. The summed E-state index contributed by atoms with van der Waals surface area (Å²) in [7, 11) is 0. The number of amides is 1. The van der Waals surface area contributed by atoms with Crippen LogP contribution in [-0.4, -0.2) is 41.8 Å². The first kappa shape index (κ1) is 16.7. The van der Waals surface area contributed by atoms with E-state index in [4.69, 9.17) is 9.47 Å². The lowest BCUT2D eigenvalue weighted by Gasteiger charge is -2.32. The molecule has 1 amide bonds. The maximum atomic E-state index is 12.3. The number of nitrogens with one attached hydrogen (secondary N) is 1. The summed E-state index contributed by atoms with van der Waals surface area (Å²) in [5.74, 6) is 1.49. The molecule has 0 aliphatic carbocycles. The molecular weight excluding hydrogens is 332 g/mol. The highest BCUT2D eigenvalue weighted by atomic mass is 16.7. The molecule has 0 saturated carbocycles. The fourth-order valence-corrected chi connectivity index (χ4v) is 3.43. The number of fused-ring (bicyclic) bond motifs is 1. The van der Waals surface area contributed by atoms with Crippen LogP contribution in [0.3, 0.4) is 0 Å². The fraction of sp³-hybridized carbons (Fsp3) is 0.350. The molecule has 2 heterocycles. The largest absolute Gasteiger partial charge is 0.507 e. The van der Waals surface area contributed by atoms with Crippen LogP contribution < -0.4 is 14.8 Å². The summed E-state index contributed by atoms with van der Waals surface area (Å²) in [6.45, 7) is 2.59. The van der Waals surface area contributed by atoms with Gasteiger partial charge in [-0.15, -0.1) is 0 Å². The zero-order chi connectivity index (χ0) is 17.9. The summed E-state index contributed by atoms with van der Waals surface area (Å²) < 4.78 is 10.7. The first-order valence-corrected chi connectivity index (χ1v) is 8.89. The molecule has 0 spiro atoms. The Morgan fingerprint density at radius 1 is 1.12 bits per heavy atom. The zero-order valence-corrected chi connectivity index (χ0v) is 14.5. The third-order valence-corrected chi connectivity index (χ3v) is 4.93. The second kappa shape index (κ2) is 7.25. The molecule has 2 N–H and O–H groups in total. The van der Waals surface area contributed by atoms with Crippen LogP contribution in [-0.2, 0) is 6.54 Å². The van der Waals surface area contributed by atoms with E-state index in [-0.39, 0.29) is 24.5 Å². The lowest BCUT2D eigenvalue weighted by atomic mass is 10.0. The summed E-state index contributed by atoms with van der Waals surface area (Å²) in [4.78, 5) is 14.5. The van der Waals surface area contributed by atoms with Gasteiger partial charge in [0.1, 0.15) is 5.75 Å². The molecule has 6 heteroatoms. The number of carbonyl (C=O) groups excluding carboxylic acids is 1. The highest BCUT2D eigenvalue weighted by Gasteiger charge is 2.23. The molecule has 2 aliphatic rings. The standard InChI is InChI=1S/C20H22N2O4/c23-17-11-19-18(25-13-26-19)10-15(17)12-22-8-6-16(7-9-22)21-20(24)14-4-2-1-3-5-14/h1-5,10-11,16,23H,6-9,12-13H2,(H,21,24). The fourth-order valence-electron chi connectivity index (χ4n) is 3.43. The van der Waals surface area contributed by atoms with Crippen molar-refractivity contribution in [2.24, 2.45) is 0 Å². The highest BCUT2D eigenvalue weighted by Crippen LogP contribution is 2.38. The Morgan fingerprint density at radius 3 is 2.54 bits per heavy atom. The van der Waals surface area contributed by atoms with Crippen molar-refractivity contribution in [1.29, 1.82) is 0 Å². The van der Waals surface area contributed by atoms with Crippen LogP contribution in [0.5, 0.6) is 17.2 Å². The molecule has 1 fully saturated rings. The Morgan fingerprint density at radius 2 is 1.81 bits per heavy atom. The maximum absolute atomic E-state index is 12.3. The first-order chi connectivity index (χ1) is 12.7. The van der Waals surface area contributed by atoms with Gasteiger partial charge in [-0.25, -0.2) is 0 Å². The van der Waals surface area contributed by atoms with Gasteiger partial charge in [0.2, 0.25) is 6.79 Å². The summed E-state index contributed by atoms with van der Waals surface area (Å²) >= 11 is 0. The lowest BCUT2D eigenvalue weighted by Crippen LogP contribution is -2.44. The van der Waals surface area contributed by atoms with Gasteiger partial charge in [0.15, 0.2) is 11.5 Å². The molecule has 26 heavy (non-hydrogen) atoms. The Balaban J connectivity index is 1.31. The molecule has 0 radical (unpaired) electrons. The van der Waals surface area contributed by atoms with E-state index in [9.17, 15) is 9.90 Å². The number of ether oxygens (including phenoxy) is 2. The minimum Gasteiger partial charge on any atom is -0.507 e.